The van der Waals surface area contributed by atoms with Gasteiger partial charge in [0.05, 0.1) is 22.2 Å². The van der Waals surface area contributed by atoms with Crippen molar-refractivity contribution in [3.8, 4) is 0 Å². The number of halogens is 1. The number of nitro groups is 1. The standard InChI is InChI=1S/C17H19ClN4O3/c1-3-21(10-11-25-2)14-6-4-13(5-7-14)19-20-17-9-8-15(22(23)24)12-16(17)18/h4-9,12H,3,10-11H2,1-2H3. The average Bonchev–Trinajstić information content (AvgIpc) is 2.62. The van der Waals surface area contributed by atoms with E-state index in [0.717, 1.165) is 18.8 Å². The molecule has 0 bridgehead atoms. The summed E-state index contributed by atoms with van der Waals surface area (Å²) < 4.78 is 5.11. The quantitative estimate of drug-likeness (QED) is 0.370. The predicted molar refractivity (Wildman–Crippen MR) is 98.5 cm³/mol. The Hall–Kier alpha value is -2.51. The Balaban J connectivity index is 2.10. The number of anilines is 1. The molecule has 0 amide bonds. The molecule has 0 aliphatic heterocycles. The van der Waals surface area contributed by atoms with Crippen LogP contribution in [0.15, 0.2) is 52.7 Å². The smallest absolute Gasteiger partial charge is 0.271 e. The molecule has 0 aromatic heterocycles. The number of benzene rings is 2. The topological polar surface area (TPSA) is 80.3 Å². The first-order chi connectivity index (χ1) is 12.0. The fraction of sp³-hybridized carbons (Fsp3) is 0.294. The van der Waals surface area contributed by atoms with Gasteiger partial charge in [-0.05, 0) is 37.3 Å². The van der Waals surface area contributed by atoms with Crippen molar-refractivity contribution in [2.75, 3.05) is 31.7 Å². The van der Waals surface area contributed by atoms with Gasteiger partial charge < -0.3 is 9.64 Å². The van der Waals surface area contributed by atoms with E-state index >= 15 is 0 Å². The van der Waals surface area contributed by atoms with Crippen LogP contribution < -0.4 is 4.90 Å². The molecule has 2 aromatic carbocycles. The van der Waals surface area contributed by atoms with Gasteiger partial charge in [-0.3, -0.25) is 10.1 Å². The SMILES string of the molecule is CCN(CCOC)c1ccc(N=Nc2ccc([N+](=O)[O-])cc2Cl)cc1. The van der Waals surface area contributed by atoms with Gasteiger partial charge in [-0.15, -0.1) is 5.11 Å². The summed E-state index contributed by atoms with van der Waals surface area (Å²) in [6.07, 6.45) is 0. The van der Waals surface area contributed by atoms with Crippen LogP contribution in [0.4, 0.5) is 22.7 Å². The summed E-state index contributed by atoms with van der Waals surface area (Å²) in [4.78, 5) is 12.4. The van der Waals surface area contributed by atoms with E-state index in [4.69, 9.17) is 16.3 Å². The summed E-state index contributed by atoms with van der Waals surface area (Å²) in [6, 6.07) is 11.7. The third kappa shape index (κ3) is 5.23. The predicted octanol–water partition coefficient (Wildman–Crippen LogP) is 5.14. The van der Waals surface area contributed by atoms with Crippen molar-refractivity contribution in [2.24, 2.45) is 10.2 Å². The molecule has 7 nitrogen and oxygen atoms in total. The lowest BCUT2D eigenvalue weighted by molar-refractivity contribution is -0.384. The number of ether oxygens (including phenoxy) is 1. The van der Waals surface area contributed by atoms with Crippen LogP contribution in [-0.4, -0.2) is 31.7 Å². The summed E-state index contributed by atoms with van der Waals surface area (Å²) in [5, 5.41) is 19.1. The lowest BCUT2D eigenvalue weighted by Gasteiger charge is -2.22. The number of methoxy groups -OCH3 is 1. The maximum absolute atomic E-state index is 10.7. The van der Waals surface area contributed by atoms with E-state index in [0.29, 0.717) is 18.0 Å². The molecule has 0 unspecified atom stereocenters. The van der Waals surface area contributed by atoms with Crippen molar-refractivity contribution >= 4 is 34.4 Å². The summed E-state index contributed by atoms with van der Waals surface area (Å²) in [5.74, 6) is 0. The highest BCUT2D eigenvalue weighted by molar-refractivity contribution is 6.33. The highest BCUT2D eigenvalue weighted by Gasteiger charge is 2.09. The number of azo groups is 1. The van der Waals surface area contributed by atoms with E-state index in [-0.39, 0.29) is 10.7 Å². The van der Waals surface area contributed by atoms with Crippen molar-refractivity contribution < 1.29 is 9.66 Å². The van der Waals surface area contributed by atoms with Crippen LogP contribution in [0.5, 0.6) is 0 Å². The molecule has 0 aliphatic carbocycles. The van der Waals surface area contributed by atoms with Crippen LogP contribution in [0.2, 0.25) is 5.02 Å². The van der Waals surface area contributed by atoms with Gasteiger partial charge in [0.2, 0.25) is 0 Å². The van der Waals surface area contributed by atoms with Gasteiger partial charge in [0, 0.05) is 38.0 Å². The second kappa shape index (κ2) is 9.10. The van der Waals surface area contributed by atoms with Crippen molar-refractivity contribution in [3.05, 3.63) is 57.6 Å². The fourth-order valence-electron chi connectivity index (χ4n) is 2.20. The van der Waals surface area contributed by atoms with E-state index in [1.54, 1.807) is 7.11 Å². The number of hydrogen-bond donors (Lipinski definition) is 0. The molecule has 8 heteroatoms. The zero-order valence-corrected chi connectivity index (χ0v) is 14.8. The summed E-state index contributed by atoms with van der Waals surface area (Å²) in [7, 11) is 1.68. The molecule has 0 fully saturated rings. The van der Waals surface area contributed by atoms with Crippen LogP contribution in [0, 0.1) is 10.1 Å². The molecule has 2 rings (SSSR count). The minimum atomic E-state index is -0.505. The third-order valence-electron chi connectivity index (χ3n) is 3.58. The van der Waals surface area contributed by atoms with Gasteiger partial charge in [0.15, 0.2) is 0 Å². The number of nitrogens with zero attached hydrogens (tertiary/aromatic N) is 4. The zero-order chi connectivity index (χ0) is 18.2. The minimum Gasteiger partial charge on any atom is -0.383 e. The minimum absolute atomic E-state index is 0.0796. The van der Waals surface area contributed by atoms with E-state index < -0.39 is 4.92 Å². The number of non-ortho nitro benzene ring substituents is 1. The highest BCUT2D eigenvalue weighted by atomic mass is 35.5. The van der Waals surface area contributed by atoms with Gasteiger partial charge in [0.25, 0.3) is 5.69 Å². The first-order valence-corrected chi connectivity index (χ1v) is 8.12. The molecule has 0 N–H and O–H groups in total. The monoisotopic (exact) mass is 362 g/mol. The lowest BCUT2D eigenvalue weighted by Crippen LogP contribution is -2.26. The maximum Gasteiger partial charge on any atom is 0.271 e. The number of rotatable bonds is 8. The fourth-order valence-corrected chi connectivity index (χ4v) is 2.42. The molecule has 0 heterocycles. The van der Waals surface area contributed by atoms with Crippen molar-refractivity contribution in [1.82, 2.24) is 0 Å². The molecule has 132 valence electrons. The molecule has 0 saturated heterocycles. The van der Waals surface area contributed by atoms with Crippen molar-refractivity contribution in [3.63, 3.8) is 0 Å². The molecular formula is C17H19ClN4O3. The highest BCUT2D eigenvalue weighted by Crippen LogP contribution is 2.30. The summed E-state index contributed by atoms with van der Waals surface area (Å²) >= 11 is 6.00. The third-order valence-corrected chi connectivity index (χ3v) is 3.88. The zero-order valence-electron chi connectivity index (χ0n) is 14.1. The van der Waals surface area contributed by atoms with E-state index in [2.05, 4.69) is 22.1 Å². The molecule has 0 atom stereocenters. The molecule has 2 aromatic rings. The van der Waals surface area contributed by atoms with E-state index in [1.807, 2.05) is 24.3 Å². The molecule has 25 heavy (non-hydrogen) atoms. The van der Waals surface area contributed by atoms with Crippen LogP contribution in [-0.2, 0) is 4.74 Å². The van der Waals surface area contributed by atoms with Crippen LogP contribution in [0.1, 0.15) is 6.92 Å². The maximum atomic E-state index is 10.7. The lowest BCUT2D eigenvalue weighted by atomic mass is 10.2. The van der Waals surface area contributed by atoms with Gasteiger partial charge >= 0.3 is 0 Å². The van der Waals surface area contributed by atoms with Gasteiger partial charge in [-0.2, -0.15) is 5.11 Å². The molecule has 0 saturated carbocycles. The Morgan fingerprint density at radius 3 is 2.48 bits per heavy atom. The van der Waals surface area contributed by atoms with Gasteiger partial charge in [0.1, 0.15) is 5.69 Å². The Labute approximate surface area is 151 Å². The van der Waals surface area contributed by atoms with Crippen LogP contribution in [0.25, 0.3) is 0 Å². The van der Waals surface area contributed by atoms with Crippen molar-refractivity contribution in [1.29, 1.82) is 0 Å². The molecule has 0 radical (unpaired) electrons. The number of hydrogen-bond acceptors (Lipinski definition) is 6. The Bertz CT molecular complexity index is 750. The largest absolute Gasteiger partial charge is 0.383 e. The second-order valence-corrected chi connectivity index (χ2v) is 5.59. The van der Waals surface area contributed by atoms with Gasteiger partial charge in [-0.25, -0.2) is 0 Å². The van der Waals surface area contributed by atoms with E-state index in [1.165, 1.54) is 18.2 Å². The Morgan fingerprint density at radius 1 is 1.20 bits per heavy atom. The number of likely N-dealkylation sites (N-methyl/N-ethyl adjacent to an activating group) is 1. The average molecular weight is 363 g/mol. The molecular weight excluding hydrogens is 344 g/mol. The normalized spacial score (nSPS) is 11.0. The van der Waals surface area contributed by atoms with E-state index in [9.17, 15) is 10.1 Å². The Kier molecular flexibility index (Phi) is 6.85. The molecule has 0 spiro atoms. The first-order valence-electron chi connectivity index (χ1n) is 7.74. The Morgan fingerprint density at radius 2 is 1.92 bits per heavy atom. The molecule has 0 aliphatic rings. The number of nitro benzene ring substituents is 1. The van der Waals surface area contributed by atoms with Crippen LogP contribution in [0.3, 0.4) is 0 Å². The van der Waals surface area contributed by atoms with Crippen LogP contribution >= 0.6 is 11.6 Å². The first kappa shape index (κ1) is 18.8. The van der Waals surface area contributed by atoms with Crippen molar-refractivity contribution in [2.45, 2.75) is 6.92 Å². The van der Waals surface area contributed by atoms with Gasteiger partial charge in [-0.1, -0.05) is 11.6 Å². The summed E-state index contributed by atoms with van der Waals surface area (Å²) in [6.45, 7) is 4.43. The summed E-state index contributed by atoms with van der Waals surface area (Å²) in [5.41, 5.74) is 2.04. The second-order valence-electron chi connectivity index (χ2n) is 5.18.